The van der Waals surface area contributed by atoms with E-state index in [1.165, 1.54) is 0 Å². The number of aliphatic hydroxyl groups is 1. The minimum atomic E-state index is -0.450. The maximum atomic E-state index is 9.42. The zero-order valence-corrected chi connectivity index (χ0v) is 12.0. The van der Waals surface area contributed by atoms with Crippen molar-refractivity contribution in [3.63, 3.8) is 0 Å². The summed E-state index contributed by atoms with van der Waals surface area (Å²) >= 11 is 6.25. The summed E-state index contributed by atoms with van der Waals surface area (Å²) < 4.78 is 1.75. The Kier molecular flexibility index (Phi) is 3.23. The third-order valence-electron chi connectivity index (χ3n) is 3.13. The topological polar surface area (TPSA) is 62.5 Å². The Morgan fingerprint density at radius 2 is 2.15 bits per heavy atom. The predicted molar refractivity (Wildman–Crippen MR) is 80.4 cm³/mol. The lowest BCUT2D eigenvalue weighted by molar-refractivity contribution is 0.208. The number of hydrogen-bond acceptors (Lipinski definition) is 4. The number of aromatic nitrogens is 3. The summed E-state index contributed by atoms with van der Waals surface area (Å²) in [5, 5.41) is 18.5. The summed E-state index contributed by atoms with van der Waals surface area (Å²) in [6, 6.07) is 7.84. The summed E-state index contributed by atoms with van der Waals surface area (Å²) in [5.41, 5.74) is 2.30. The van der Waals surface area contributed by atoms with Crippen LogP contribution in [-0.4, -0.2) is 32.4 Å². The first-order chi connectivity index (χ1) is 9.58. The lowest BCUT2D eigenvalue weighted by atomic mass is 10.2. The molecule has 0 unspecified atom stereocenters. The molecule has 104 valence electrons. The maximum absolute atomic E-state index is 9.42. The molecule has 1 atom stereocenters. The van der Waals surface area contributed by atoms with Gasteiger partial charge in [-0.3, -0.25) is 0 Å². The lowest BCUT2D eigenvalue weighted by Crippen LogP contribution is -2.16. The normalized spacial score (nSPS) is 13.0. The van der Waals surface area contributed by atoms with Crippen molar-refractivity contribution in [3.8, 4) is 0 Å². The Morgan fingerprint density at radius 1 is 1.40 bits per heavy atom. The average molecular weight is 291 g/mol. The standard InChI is InChI=1S/C14H15ClN4O/c1-8(20)7-16-13-10-5-3-4-6-11(10)19-14(17-13)12(15)9(2)18-19/h3-6,8,20H,7H2,1-2H3,(H,16,17)/t8-/m1/s1. The van der Waals surface area contributed by atoms with Gasteiger partial charge in [0.1, 0.15) is 10.8 Å². The van der Waals surface area contributed by atoms with E-state index in [9.17, 15) is 5.11 Å². The van der Waals surface area contributed by atoms with Gasteiger partial charge in [0.15, 0.2) is 5.65 Å². The van der Waals surface area contributed by atoms with E-state index in [2.05, 4.69) is 15.4 Å². The fraction of sp³-hybridized carbons (Fsp3) is 0.286. The van der Waals surface area contributed by atoms with Crippen LogP contribution in [-0.2, 0) is 0 Å². The summed E-state index contributed by atoms with van der Waals surface area (Å²) in [5.74, 6) is 0.704. The molecule has 0 saturated heterocycles. The van der Waals surface area contributed by atoms with Crippen LogP contribution in [0, 0.1) is 6.92 Å². The fourth-order valence-electron chi connectivity index (χ4n) is 2.16. The molecular formula is C14H15ClN4O. The average Bonchev–Trinajstić information content (AvgIpc) is 2.72. The summed E-state index contributed by atoms with van der Waals surface area (Å²) in [6.45, 7) is 4.01. The van der Waals surface area contributed by atoms with Crippen LogP contribution in [0.5, 0.6) is 0 Å². The van der Waals surface area contributed by atoms with Crippen LogP contribution in [0.1, 0.15) is 12.6 Å². The molecule has 6 heteroatoms. The second-order valence-corrected chi connectivity index (χ2v) is 5.22. The number of fused-ring (bicyclic) bond motifs is 3. The van der Waals surface area contributed by atoms with Gasteiger partial charge in [0, 0.05) is 11.9 Å². The molecule has 20 heavy (non-hydrogen) atoms. The zero-order chi connectivity index (χ0) is 14.3. The van der Waals surface area contributed by atoms with Gasteiger partial charge >= 0.3 is 0 Å². The quantitative estimate of drug-likeness (QED) is 0.778. The van der Waals surface area contributed by atoms with Gasteiger partial charge in [-0.2, -0.15) is 5.10 Å². The predicted octanol–water partition coefficient (Wildman–Crippen LogP) is 2.64. The molecule has 3 rings (SSSR count). The van der Waals surface area contributed by atoms with Gasteiger partial charge in [-0.15, -0.1) is 0 Å². The van der Waals surface area contributed by atoms with Gasteiger partial charge in [-0.1, -0.05) is 23.7 Å². The van der Waals surface area contributed by atoms with Crippen molar-refractivity contribution < 1.29 is 5.11 Å². The Labute approximate surface area is 121 Å². The van der Waals surface area contributed by atoms with E-state index >= 15 is 0 Å². The monoisotopic (exact) mass is 290 g/mol. The fourth-order valence-corrected chi connectivity index (χ4v) is 2.32. The number of nitrogens with one attached hydrogen (secondary N) is 1. The number of benzene rings is 1. The molecule has 2 heterocycles. The van der Waals surface area contributed by atoms with Crippen LogP contribution in [0.4, 0.5) is 5.82 Å². The highest BCUT2D eigenvalue weighted by atomic mass is 35.5. The van der Waals surface area contributed by atoms with Gasteiger partial charge in [-0.05, 0) is 26.0 Å². The minimum Gasteiger partial charge on any atom is -0.392 e. The van der Waals surface area contributed by atoms with Gasteiger partial charge in [0.25, 0.3) is 0 Å². The highest BCUT2D eigenvalue weighted by Gasteiger charge is 2.14. The first-order valence-electron chi connectivity index (χ1n) is 6.43. The smallest absolute Gasteiger partial charge is 0.176 e. The number of aryl methyl sites for hydroxylation is 1. The second kappa shape index (κ2) is 4.92. The van der Waals surface area contributed by atoms with E-state index in [1.807, 2.05) is 31.2 Å². The zero-order valence-electron chi connectivity index (χ0n) is 11.3. The van der Waals surface area contributed by atoms with Gasteiger partial charge in [-0.25, -0.2) is 9.50 Å². The third-order valence-corrected chi connectivity index (χ3v) is 3.58. The highest BCUT2D eigenvalue weighted by molar-refractivity contribution is 6.34. The molecule has 5 nitrogen and oxygen atoms in total. The van der Waals surface area contributed by atoms with Crippen molar-refractivity contribution >= 4 is 34.0 Å². The minimum absolute atomic E-state index is 0.428. The molecule has 2 N–H and O–H groups in total. The number of rotatable bonds is 3. The van der Waals surface area contributed by atoms with E-state index in [-0.39, 0.29) is 0 Å². The van der Waals surface area contributed by atoms with E-state index < -0.39 is 6.10 Å². The molecule has 0 aliphatic heterocycles. The lowest BCUT2D eigenvalue weighted by Gasteiger charge is -2.11. The summed E-state index contributed by atoms with van der Waals surface area (Å²) in [6.07, 6.45) is -0.450. The molecule has 0 bridgehead atoms. The summed E-state index contributed by atoms with van der Waals surface area (Å²) in [4.78, 5) is 4.54. The Morgan fingerprint density at radius 3 is 2.90 bits per heavy atom. The molecule has 1 aromatic carbocycles. The van der Waals surface area contributed by atoms with E-state index in [4.69, 9.17) is 11.6 Å². The first kappa shape index (κ1) is 13.1. The molecule has 0 fully saturated rings. The number of halogens is 1. The molecule has 0 radical (unpaired) electrons. The van der Waals surface area contributed by atoms with Crippen molar-refractivity contribution in [3.05, 3.63) is 35.0 Å². The number of para-hydroxylation sites is 1. The highest BCUT2D eigenvalue weighted by Crippen LogP contribution is 2.28. The number of aliphatic hydroxyl groups excluding tert-OH is 1. The molecule has 2 aromatic heterocycles. The van der Waals surface area contributed by atoms with Crippen LogP contribution in [0.15, 0.2) is 24.3 Å². The molecular weight excluding hydrogens is 276 g/mol. The Bertz CT molecular complexity index is 782. The van der Waals surface area contributed by atoms with Crippen molar-refractivity contribution in [1.82, 2.24) is 14.6 Å². The SMILES string of the molecule is Cc1nn2c(nc(NC[C@@H](C)O)c3ccccc32)c1Cl. The molecule has 0 saturated carbocycles. The van der Waals surface area contributed by atoms with Gasteiger partial charge < -0.3 is 10.4 Å². The van der Waals surface area contributed by atoms with Crippen molar-refractivity contribution in [2.24, 2.45) is 0 Å². The van der Waals surface area contributed by atoms with Crippen LogP contribution in [0.25, 0.3) is 16.6 Å². The largest absolute Gasteiger partial charge is 0.392 e. The maximum Gasteiger partial charge on any atom is 0.176 e. The molecule has 0 aliphatic carbocycles. The molecule has 0 spiro atoms. The first-order valence-corrected chi connectivity index (χ1v) is 6.81. The molecule has 0 aliphatic rings. The van der Waals surface area contributed by atoms with Crippen molar-refractivity contribution in [1.29, 1.82) is 0 Å². The van der Waals surface area contributed by atoms with E-state index in [1.54, 1.807) is 11.4 Å². The van der Waals surface area contributed by atoms with Crippen molar-refractivity contribution in [2.75, 3.05) is 11.9 Å². The van der Waals surface area contributed by atoms with Crippen LogP contribution in [0.2, 0.25) is 5.02 Å². The number of hydrogen-bond donors (Lipinski definition) is 2. The number of anilines is 1. The van der Waals surface area contributed by atoms with Gasteiger partial charge in [0.2, 0.25) is 0 Å². The van der Waals surface area contributed by atoms with E-state index in [0.29, 0.717) is 23.0 Å². The molecule has 0 amide bonds. The van der Waals surface area contributed by atoms with Crippen LogP contribution < -0.4 is 5.32 Å². The third kappa shape index (κ3) is 2.09. The van der Waals surface area contributed by atoms with Crippen LogP contribution in [0.3, 0.4) is 0 Å². The summed E-state index contributed by atoms with van der Waals surface area (Å²) in [7, 11) is 0. The number of nitrogens with zero attached hydrogens (tertiary/aromatic N) is 3. The van der Waals surface area contributed by atoms with E-state index in [0.717, 1.165) is 16.6 Å². The van der Waals surface area contributed by atoms with Crippen LogP contribution >= 0.6 is 11.6 Å². The Balaban J connectivity index is 2.28. The molecule has 3 aromatic rings. The van der Waals surface area contributed by atoms with Crippen molar-refractivity contribution in [2.45, 2.75) is 20.0 Å². The van der Waals surface area contributed by atoms with Gasteiger partial charge in [0.05, 0.1) is 17.3 Å². The second-order valence-electron chi connectivity index (χ2n) is 4.84. The Hall–Kier alpha value is -1.85.